The normalized spacial score (nSPS) is 26.9. The Bertz CT molecular complexity index is 304. The number of nitrogens with two attached hydrogens (primary N) is 1. The van der Waals surface area contributed by atoms with E-state index in [0.717, 1.165) is 32.4 Å². The molecule has 5 nitrogen and oxygen atoms in total. The van der Waals surface area contributed by atoms with Crippen LogP contribution in [0.4, 0.5) is 5.95 Å². The predicted octanol–water partition coefficient (Wildman–Crippen LogP) is 0.683. The van der Waals surface area contributed by atoms with Crippen molar-refractivity contribution in [1.29, 1.82) is 0 Å². The molecule has 0 aliphatic carbocycles. The first-order valence-corrected chi connectivity index (χ1v) is 5.07. The van der Waals surface area contributed by atoms with Crippen LogP contribution in [0.2, 0.25) is 0 Å². The predicted molar refractivity (Wildman–Crippen MR) is 52.8 cm³/mol. The standard InChI is InChI=1S/C9H16N4O/c1-2-3-9(4-5-11-6-9)7-12-8(10)13-14-7/h11H,2-6H2,1H3,(H2,10,13). The van der Waals surface area contributed by atoms with Crippen LogP contribution in [0.15, 0.2) is 4.52 Å². The zero-order valence-electron chi connectivity index (χ0n) is 8.42. The van der Waals surface area contributed by atoms with Gasteiger partial charge in [0.1, 0.15) is 0 Å². The number of nitrogens with zero attached hydrogens (tertiary/aromatic N) is 2. The van der Waals surface area contributed by atoms with Gasteiger partial charge in [0.15, 0.2) is 0 Å². The van der Waals surface area contributed by atoms with E-state index in [2.05, 4.69) is 22.4 Å². The zero-order chi connectivity index (χ0) is 10.0. The number of nitrogen functional groups attached to an aromatic ring is 1. The van der Waals surface area contributed by atoms with Crippen LogP contribution in [-0.2, 0) is 5.41 Å². The minimum atomic E-state index is 0.0272. The first kappa shape index (κ1) is 9.45. The Hall–Kier alpha value is -1.10. The van der Waals surface area contributed by atoms with Gasteiger partial charge in [0.2, 0.25) is 5.89 Å². The molecular weight excluding hydrogens is 180 g/mol. The third-order valence-electron chi connectivity index (χ3n) is 2.87. The van der Waals surface area contributed by atoms with Crippen LogP contribution in [-0.4, -0.2) is 23.2 Å². The van der Waals surface area contributed by atoms with Gasteiger partial charge in [-0.05, 0) is 24.5 Å². The van der Waals surface area contributed by atoms with Gasteiger partial charge in [0.05, 0.1) is 5.41 Å². The fourth-order valence-electron chi connectivity index (χ4n) is 2.18. The minimum absolute atomic E-state index is 0.0272. The number of aromatic nitrogens is 2. The lowest BCUT2D eigenvalue weighted by Crippen LogP contribution is -2.29. The van der Waals surface area contributed by atoms with E-state index in [9.17, 15) is 0 Å². The van der Waals surface area contributed by atoms with Crippen LogP contribution < -0.4 is 11.1 Å². The van der Waals surface area contributed by atoms with E-state index in [-0.39, 0.29) is 11.4 Å². The molecular formula is C9H16N4O. The Balaban J connectivity index is 2.26. The fraction of sp³-hybridized carbons (Fsp3) is 0.778. The summed E-state index contributed by atoms with van der Waals surface area (Å²) in [4.78, 5) is 4.14. The molecule has 1 aromatic rings. The molecule has 0 amide bonds. The van der Waals surface area contributed by atoms with Gasteiger partial charge in [0.25, 0.3) is 5.95 Å². The molecule has 1 aliphatic heterocycles. The molecule has 1 aliphatic rings. The van der Waals surface area contributed by atoms with Gasteiger partial charge in [0, 0.05) is 6.54 Å². The van der Waals surface area contributed by atoms with Crippen molar-refractivity contribution in [1.82, 2.24) is 15.5 Å². The first-order chi connectivity index (χ1) is 6.77. The summed E-state index contributed by atoms with van der Waals surface area (Å²) in [5, 5.41) is 6.99. The topological polar surface area (TPSA) is 77.0 Å². The highest BCUT2D eigenvalue weighted by molar-refractivity contribution is 5.17. The lowest BCUT2D eigenvalue weighted by atomic mass is 9.82. The SMILES string of the molecule is CCCC1(c2nc(N)no2)CCNC1. The molecule has 1 atom stereocenters. The lowest BCUT2D eigenvalue weighted by molar-refractivity contribution is 0.277. The molecule has 1 fully saturated rings. The maximum atomic E-state index is 5.46. The molecule has 0 bridgehead atoms. The van der Waals surface area contributed by atoms with E-state index in [1.165, 1.54) is 0 Å². The molecule has 5 heteroatoms. The summed E-state index contributed by atoms with van der Waals surface area (Å²) in [6.07, 6.45) is 3.24. The number of hydrogen-bond acceptors (Lipinski definition) is 5. The largest absolute Gasteiger partial charge is 0.365 e. The molecule has 3 N–H and O–H groups in total. The van der Waals surface area contributed by atoms with Crippen molar-refractivity contribution in [2.24, 2.45) is 0 Å². The summed E-state index contributed by atoms with van der Waals surface area (Å²) >= 11 is 0. The van der Waals surface area contributed by atoms with E-state index in [1.807, 2.05) is 0 Å². The van der Waals surface area contributed by atoms with E-state index < -0.39 is 0 Å². The van der Waals surface area contributed by atoms with Crippen molar-refractivity contribution < 1.29 is 4.52 Å². The summed E-state index contributed by atoms with van der Waals surface area (Å²) in [5.41, 5.74) is 5.49. The maximum absolute atomic E-state index is 5.46. The molecule has 0 aromatic carbocycles. The van der Waals surface area contributed by atoms with E-state index in [4.69, 9.17) is 10.3 Å². The van der Waals surface area contributed by atoms with Crippen molar-refractivity contribution in [3.63, 3.8) is 0 Å². The van der Waals surface area contributed by atoms with Crippen LogP contribution in [0.1, 0.15) is 32.1 Å². The summed E-state index contributed by atoms with van der Waals surface area (Å²) in [7, 11) is 0. The maximum Gasteiger partial charge on any atom is 0.260 e. The number of rotatable bonds is 3. The highest BCUT2D eigenvalue weighted by Crippen LogP contribution is 2.34. The summed E-state index contributed by atoms with van der Waals surface area (Å²) in [5.74, 6) is 0.934. The summed E-state index contributed by atoms with van der Waals surface area (Å²) in [6.45, 7) is 4.10. The summed E-state index contributed by atoms with van der Waals surface area (Å²) < 4.78 is 5.18. The molecule has 0 radical (unpaired) electrons. The Morgan fingerprint density at radius 1 is 1.64 bits per heavy atom. The Labute approximate surface area is 83.1 Å². The average molecular weight is 196 g/mol. The van der Waals surface area contributed by atoms with Crippen LogP contribution in [0, 0.1) is 0 Å². The van der Waals surface area contributed by atoms with Crippen LogP contribution >= 0.6 is 0 Å². The van der Waals surface area contributed by atoms with Crippen molar-refractivity contribution in [3.05, 3.63) is 5.89 Å². The average Bonchev–Trinajstić information content (AvgIpc) is 2.75. The van der Waals surface area contributed by atoms with E-state index >= 15 is 0 Å². The van der Waals surface area contributed by atoms with E-state index in [0.29, 0.717) is 5.89 Å². The molecule has 2 rings (SSSR count). The Kier molecular flexibility index (Phi) is 2.41. The third kappa shape index (κ3) is 1.48. The van der Waals surface area contributed by atoms with Crippen LogP contribution in [0.5, 0.6) is 0 Å². The quantitative estimate of drug-likeness (QED) is 0.743. The highest BCUT2D eigenvalue weighted by Gasteiger charge is 2.39. The van der Waals surface area contributed by atoms with Gasteiger partial charge >= 0.3 is 0 Å². The van der Waals surface area contributed by atoms with Crippen molar-refractivity contribution in [2.75, 3.05) is 18.8 Å². The van der Waals surface area contributed by atoms with Crippen molar-refractivity contribution >= 4 is 5.95 Å². The Morgan fingerprint density at radius 3 is 3.00 bits per heavy atom. The smallest absolute Gasteiger partial charge is 0.260 e. The zero-order valence-corrected chi connectivity index (χ0v) is 8.42. The molecule has 1 unspecified atom stereocenters. The second-order valence-electron chi connectivity index (χ2n) is 3.91. The number of anilines is 1. The molecule has 14 heavy (non-hydrogen) atoms. The van der Waals surface area contributed by atoms with Gasteiger partial charge in [-0.2, -0.15) is 4.98 Å². The second kappa shape index (κ2) is 3.57. The molecule has 0 saturated carbocycles. The van der Waals surface area contributed by atoms with Crippen LogP contribution in [0.3, 0.4) is 0 Å². The van der Waals surface area contributed by atoms with Crippen LogP contribution in [0.25, 0.3) is 0 Å². The van der Waals surface area contributed by atoms with Gasteiger partial charge in [-0.3, -0.25) is 0 Å². The summed E-state index contributed by atoms with van der Waals surface area (Å²) in [6, 6.07) is 0. The van der Waals surface area contributed by atoms with Crippen molar-refractivity contribution in [2.45, 2.75) is 31.6 Å². The van der Waals surface area contributed by atoms with Gasteiger partial charge in [-0.25, -0.2) is 0 Å². The lowest BCUT2D eigenvalue weighted by Gasteiger charge is -2.22. The third-order valence-corrected chi connectivity index (χ3v) is 2.87. The monoisotopic (exact) mass is 196 g/mol. The second-order valence-corrected chi connectivity index (χ2v) is 3.91. The Morgan fingerprint density at radius 2 is 2.50 bits per heavy atom. The molecule has 1 saturated heterocycles. The fourth-order valence-corrected chi connectivity index (χ4v) is 2.18. The van der Waals surface area contributed by atoms with Crippen molar-refractivity contribution in [3.8, 4) is 0 Å². The van der Waals surface area contributed by atoms with Gasteiger partial charge < -0.3 is 15.6 Å². The molecule has 1 aromatic heterocycles. The highest BCUT2D eigenvalue weighted by atomic mass is 16.5. The first-order valence-electron chi connectivity index (χ1n) is 5.07. The van der Waals surface area contributed by atoms with Gasteiger partial charge in [-0.1, -0.05) is 13.3 Å². The number of hydrogen-bond donors (Lipinski definition) is 2. The number of nitrogens with one attached hydrogen (secondary N) is 1. The van der Waals surface area contributed by atoms with E-state index in [1.54, 1.807) is 0 Å². The molecule has 0 spiro atoms. The van der Waals surface area contributed by atoms with Gasteiger partial charge in [-0.15, -0.1) is 0 Å². The molecule has 2 heterocycles. The minimum Gasteiger partial charge on any atom is -0.365 e. The molecule has 78 valence electrons.